The molecule has 0 bridgehead atoms. The van der Waals surface area contributed by atoms with E-state index in [0.717, 1.165) is 0 Å². The van der Waals surface area contributed by atoms with Crippen molar-refractivity contribution in [2.45, 2.75) is 6.42 Å². The standard InChI is InChI=1S/C18H15N5O6/c24-17(11-28-16-5-2-1-4-15(16)23(26)27)21-8-3-9-22(21)18(25)12-6-7-13-14(10-12)20-29-19-13/h1-2,4-7,10H,3,8-9,11H2. The first-order chi connectivity index (χ1) is 14.0. The second-order valence-corrected chi connectivity index (χ2v) is 6.28. The number of nitrogens with zero attached hydrogens (tertiary/aromatic N) is 5. The zero-order valence-electron chi connectivity index (χ0n) is 15.1. The number of ether oxygens (including phenoxy) is 1. The molecule has 0 N–H and O–H groups in total. The normalized spacial score (nSPS) is 13.7. The number of para-hydroxylation sites is 2. The average molecular weight is 397 g/mol. The van der Waals surface area contributed by atoms with Crippen LogP contribution < -0.4 is 4.74 Å². The quantitative estimate of drug-likeness (QED) is 0.470. The SMILES string of the molecule is O=C(COc1ccccc1[N+](=O)[O-])N1CCCN1C(=O)c1ccc2nonc2c1. The van der Waals surface area contributed by atoms with E-state index in [9.17, 15) is 19.7 Å². The van der Waals surface area contributed by atoms with E-state index < -0.39 is 17.4 Å². The summed E-state index contributed by atoms with van der Waals surface area (Å²) in [6.45, 7) is 0.282. The van der Waals surface area contributed by atoms with E-state index in [2.05, 4.69) is 14.9 Å². The zero-order valence-corrected chi connectivity index (χ0v) is 15.1. The van der Waals surface area contributed by atoms with Crippen LogP contribution in [0.25, 0.3) is 11.0 Å². The third-order valence-electron chi connectivity index (χ3n) is 4.47. The van der Waals surface area contributed by atoms with Gasteiger partial charge in [0.15, 0.2) is 12.4 Å². The summed E-state index contributed by atoms with van der Waals surface area (Å²) in [6, 6.07) is 10.5. The van der Waals surface area contributed by atoms with Gasteiger partial charge in [-0.3, -0.25) is 19.7 Å². The third kappa shape index (κ3) is 3.57. The summed E-state index contributed by atoms with van der Waals surface area (Å²) in [4.78, 5) is 36.0. The minimum absolute atomic E-state index is 0.00749. The summed E-state index contributed by atoms with van der Waals surface area (Å²) in [6.07, 6.45) is 0.608. The monoisotopic (exact) mass is 397 g/mol. The molecule has 2 amide bonds. The number of hydrazine groups is 1. The number of aromatic nitrogens is 2. The van der Waals surface area contributed by atoms with E-state index in [-0.39, 0.29) is 17.3 Å². The number of benzene rings is 2. The molecule has 2 heterocycles. The summed E-state index contributed by atoms with van der Waals surface area (Å²) in [5.41, 5.74) is 1.07. The highest BCUT2D eigenvalue weighted by Crippen LogP contribution is 2.26. The van der Waals surface area contributed by atoms with Crippen molar-refractivity contribution in [1.29, 1.82) is 0 Å². The molecule has 0 saturated carbocycles. The molecule has 11 nitrogen and oxygen atoms in total. The van der Waals surface area contributed by atoms with Crippen LogP contribution in [-0.2, 0) is 4.79 Å². The van der Waals surface area contributed by atoms with Gasteiger partial charge in [-0.15, -0.1) is 0 Å². The molecule has 29 heavy (non-hydrogen) atoms. The molecule has 3 aromatic rings. The first kappa shape index (κ1) is 18.3. The molecule has 1 aliphatic rings. The van der Waals surface area contributed by atoms with E-state index in [1.54, 1.807) is 24.3 Å². The molecule has 1 aliphatic heterocycles. The maximum absolute atomic E-state index is 12.9. The maximum Gasteiger partial charge on any atom is 0.310 e. The predicted molar refractivity (Wildman–Crippen MR) is 97.8 cm³/mol. The third-order valence-corrected chi connectivity index (χ3v) is 4.47. The first-order valence-corrected chi connectivity index (χ1v) is 8.75. The molecular formula is C18H15N5O6. The van der Waals surface area contributed by atoms with E-state index in [4.69, 9.17) is 4.74 Å². The van der Waals surface area contributed by atoms with Gasteiger partial charge in [0.1, 0.15) is 11.0 Å². The Hall–Kier alpha value is -4.02. The lowest BCUT2D eigenvalue weighted by atomic mass is 10.2. The van der Waals surface area contributed by atoms with Crippen LogP contribution >= 0.6 is 0 Å². The summed E-state index contributed by atoms with van der Waals surface area (Å²) in [5.74, 6) is -0.850. The Kier molecular flexibility index (Phi) is 4.77. The largest absolute Gasteiger partial charge is 0.477 e. The summed E-state index contributed by atoms with van der Waals surface area (Å²) >= 11 is 0. The molecule has 1 saturated heterocycles. The van der Waals surface area contributed by atoms with Crippen molar-refractivity contribution >= 4 is 28.5 Å². The van der Waals surface area contributed by atoms with E-state index >= 15 is 0 Å². The highest BCUT2D eigenvalue weighted by Gasteiger charge is 2.32. The molecular weight excluding hydrogens is 382 g/mol. The Balaban J connectivity index is 1.47. The lowest BCUT2D eigenvalue weighted by Crippen LogP contribution is -2.46. The number of amides is 2. The number of nitro groups is 1. The van der Waals surface area contributed by atoms with Gasteiger partial charge in [0.2, 0.25) is 0 Å². The van der Waals surface area contributed by atoms with Gasteiger partial charge < -0.3 is 4.74 Å². The van der Waals surface area contributed by atoms with E-state index in [1.165, 1.54) is 28.2 Å². The highest BCUT2D eigenvalue weighted by molar-refractivity contribution is 5.98. The van der Waals surface area contributed by atoms with Crippen molar-refractivity contribution in [3.63, 3.8) is 0 Å². The Morgan fingerprint density at radius 2 is 1.86 bits per heavy atom. The smallest absolute Gasteiger partial charge is 0.310 e. The Morgan fingerprint density at radius 1 is 1.10 bits per heavy atom. The Morgan fingerprint density at radius 3 is 2.69 bits per heavy atom. The van der Waals surface area contributed by atoms with Gasteiger partial charge in [-0.1, -0.05) is 12.1 Å². The van der Waals surface area contributed by atoms with Gasteiger partial charge in [0.05, 0.1) is 4.92 Å². The molecule has 1 fully saturated rings. The van der Waals surface area contributed by atoms with Crippen molar-refractivity contribution in [3.05, 3.63) is 58.1 Å². The molecule has 2 aromatic carbocycles. The molecule has 0 atom stereocenters. The fraction of sp³-hybridized carbons (Fsp3) is 0.222. The van der Waals surface area contributed by atoms with Gasteiger partial charge in [-0.2, -0.15) is 0 Å². The number of nitro benzene ring substituents is 1. The van der Waals surface area contributed by atoms with Crippen LogP contribution in [-0.4, -0.2) is 56.8 Å². The number of carbonyl (C=O) groups is 2. The van der Waals surface area contributed by atoms with E-state index in [0.29, 0.717) is 36.1 Å². The van der Waals surface area contributed by atoms with Crippen LogP contribution in [0.5, 0.6) is 5.75 Å². The van der Waals surface area contributed by atoms with Gasteiger partial charge in [0.25, 0.3) is 11.8 Å². The van der Waals surface area contributed by atoms with Crippen LogP contribution in [0.2, 0.25) is 0 Å². The minimum atomic E-state index is -0.583. The summed E-state index contributed by atoms with van der Waals surface area (Å²) in [5, 5.41) is 21.1. The second kappa shape index (κ2) is 7.54. The van der Waals surface area contributed by atoms with Gasteiger partial charge in [-0.05, 0) is 41.0 Å². The molecule has 4 rings (SSSR count). The summed E-state index contributed by atoms with van der Waals surface area (Å²) in [7, 11) is 0. The molecule has 0 unspecified atom stereocenters. The van der Waals surface area contributed by atoms with Crippen LogP contribution in [0.3, 0.4) is 0 Å². The second-order valence-electron chi connectivity index (χ2n) is 6.28. The molecule has 148 valence electrons. The topological polar surface area (TPSA) is 132 Å². The first-order valence-electron chi connectivity index (χ1n) is 8.75. The van der Waals surface area contributed by atoms with Gasteiger partial charge in [-0.25, -0.2) is 14.6 Å². The van der Waals surface area contributed by atoms with Crippen molar-refractivity contribution in [1.82, 2.24) is 20.3 Å². The predicted octanol–water partition coefficient (Wildman–Crippen LogP) is 1.80. The summed E-state index contributed by atoms with van der Waals surface area (Å²) < 4.78 is 9.98. The minimum Gasteiger partial charge on any atom is -0.477 e. The molecule has 1 aromatic heterocycles. The molecule has 11 heteroatoms. The van der Waals surface area contributed by atoms with Crippen LogP contribution in [0, 0.1) is 10.1 Å². The van der Waals surface area contributed by atoms with Crippen molar-refractivity contribution in [2.24, 2.45) is 0 Å². The van der Waals surface area contributed by atoms with Gasteiger partial charge in [0, 0.05) is 24.7 Å². The Bertz CT molecular complexity index is 1100. The fourth-order valence-corrected chi connectivity index (χ4v) is 3.09. The van der Waals surface area contributed by atoms with Crippen molar-refractivity contribution < 1.29 is 23.9 Å². The van der Waals surface area contributed by atoms with Crippen molar-refractivity contribution in [2.75, 3.05) is 19.7 Å². The number of fused-ring (bicyclic) bond motifs is 1. The lowest BCUT2D eigenvalue weighted by molar-refractivity contribution is -0.385. The zero-order chi connectivity index (χ0) is 20.4. The molecule has 0 aliphatic carbocycles. The Labute approximate surface area is 163 Å². The van der Waals surface area contributed by atoms with Crippen LogP contribution in [0.1, 0.15) is 16.8 Å². The number of carbonyl (C=O) groups excluding carboxylic acids is 2. The van der Waals surface area contributed by atoms with Crippen molar-refractivity contribution in [3.8, 4) is 5.75 Å². The van der Waals surface area contributed by atoms with Gasteiger partial charge >= 0.3 is 5.69 Å². The number of hydrogen-bond donors (Lipinski definition) is 0. The van der Waals surface area contributed by atoms with Crippen LogP contribution in [0.4, 0.5) is 5.69 Å². The highest BCUT2D eigenvalue weighted by atomic mass is 16.6. The van der Waals surface area contributed by atoms with E-state index in [1.807, 2.05) is 0 Å². The maximum atomic E-state index is 12.9. The van der Waals surface area contributed by atoms with Crippen LogP contribution in [0.15, 0.2) is 47.1 Å². The molecule has 0 spiro atoms. The number of hydrogen-bond acceptors (Lipinski definition) is 8. The fourth-order valence-electron chi connectivity index (χ4n) is 3.09. The molecule has 0 radical (unpaired) electrons. The number of rotatable bonds is 5. The lowest BCUT2D eigenvalue weighted by Gasteiger charge is -2.27. The average Bonchev–Trinajstić information content (AvgIpc) is 3.40.